The van der Waals surface area contributed by atoms with Crippen LogP contribution in [-0.4, -0.2) is 40.9 Å². The Kier molecular flexibility index (Phi) is 6.24. The van der Waals surface area contributed by atoms with Gasteiger partial charge in [-0.3, -0.25) is 14.5 Å². The molecule has 5 nitrogen and oxygen atoms in total. The van der Waals surface area contributed by atoms with Gasteiger partial charge in [-0.25, -0.2) is 4.99 Å². The van der Waals surface area contributed by atoms with E-state index in [2.05, 4.69) is 4.99 Å². The molecule has 3 rings (SSSR count). The predicted molar refractivity (Wildman–Crippen MR) is 107 cm³/mol. The number of aliphatic imine (C=N–C) groups is 1. The Balaban J connectivity index is 1.95. The minimum absolute atomic E-state index is 0.0429. The molecule has 2 aromatic rings. The van der Waals surface area contributed by atoms with E-state index in [9.17, 15) is 22.8 Å². The monoisotopic (exact) mass is 417 g/mol. The number of amides is 2. The molecule has 0 saturated carbocycles. The van der Waals surface area contributed by atoms with Crippen molar-refractivity contribution in [3.63, 3.8) is 0 Å². The van der Waals surface area contributed by atoms with Crippen LogP contribution in [0.3, 0.4) is 0 Å². The SMILES string of the molecule is CCC(=O)NC1(C(F)(F)F)N=C(c2ccccc2)N(CCCc2ccccc2)C1=O. The van der Waals surface area contributed by atoms with Crippen molar-refractivity contribution in [1.29, 1.82) is 0 Å². The fraction of sp³-hybridized carbons (Fsp3) is 0.318. The first-order valence-corrected chi connectivity index (χ1v) is 9.67. The first-order valence-electron chi connectivity index (χ1n) is 9.67. The standard InChI is InChI=1S/C22H22F3N3O2/c1-2-18(29)26-21(22(23,24)25)20(30)28(15-9-12-16-10-5-3-6-11-16)19(27-21)17-13-7-4-8-14-17/h3-8,10-11,13-14H,2,9,12,15H2,1H3,(H,26,29). The fourth-order valence-corrected chi connectivity index (χ4v) is 3.29. The number of nitrogens with zero attached hydrogens (tertiary/aromatic N) is 2. The molecular weight excluding hydrogens is 395 g/mol. The van der Waals surface area contributed by atoms with E-state index in [1.165, 1.54) is 6.92 Å². The summed E-state index contributed by atoms with van der Waals surface area (Å²) in [5.74, 6) is -2.28. The van der Waals surface area contributed by atoms with Crippen LogP contribution in [0.4, 0.5) is 13.2 Å². The smallest absolute Gasteiger partial charge is 0.316 e. The van der Waals surface area contributed by atoms with E-state index in [0.717, 1.165) is 10.5 Å². The first kappa shape index (κ1) is 21.5. The lowest BCUT2D eigenvalue weighted by molar-refractivity contribution is -0.200. The second-order valence-corrected chi connectivity index (χ2v) is 6.96. The number of hydrogen-bond donors (Lipinski definition) is 1. The van der Waals surface area contributed by atoms with Crippen molar-refractivity contribution in [2.75, 3.05) is 6.54 Å². The van der Waals surface area contributed by atoms with Crippen LogP contribution in [0.2, 0.25) is 0 Å². The maximum atomic E-state index is 14.0. The molecule has 158 valence electrons. The van der Waals surface area contributed by atoms with Gasteiger partial charge in [0.15, 0.2) is 0 Å². The Hall–Kier alpha value is -3.16. The summed E-state index contributed by atoms with van der Waals surface area (Å²) >= 11 is 0. The van der Waals surface area contributed by atoms with E-state index in [-0.39, 0.29) is 18.8 Å². The number of carbonyl (C=O) groups excluding carboxylic acids is 2. The van der Waals surface area contributed by atoms with Crippen LogP contribution in [0.15, 0.2) is 65.7 Å². The van der Waals surface area contributed by atoms with Gasteiger partial charge < -0.3 is 5.32 Å². The molecule has 0 bridgehead atoms. The number of benzene rings is 2. The molecule has 1 aliphatic heterocycles. The second-order valence-electron chi connectivity index (χ2n) is 6.96. The minimum atomic E-state index is -5.08. The Morgan fingerprint density at radius 3 is 2.23 bits per heavy atom. The number of alkyl halides is 3. The molecular formula is C22H22F3N3O2. The van der Waals surface area contributed by atoms with E-state index in [4.69, 9.17) is 0 Å². The molecule has 0 aliphatic carbocycles. The molecule has 30 heavy (non-hydrogen) atoms. The summed E-state index contributed by atoms with van der Waals surface area (Å²) in [6, 6.07) is 17.7. The van der Waals surface area contributed by atoms with Gasteiger partial charge in [0, 0.05) is 18.5 Å². The molecule has 0 radical (unpaired) electrons. The van der Waals surface area contributed by atoms with E-state index in [1.807, 2.05) is 35.6 Å². The van der Waals surface area contributed by atoms with Crippen LogP contribution < -0.4 is 5.32 Å². The van der Waals surface area contributed by atoms with Crippen molar-refractivity contribution in [3.05, 3.63) is 71.8 Å². The van der Waals surface area contributed by atoms with Gasteiger partial charge in [0.05, 0.1) is 0 Å². The summed E-state index contributed by atoms with van der Waals surface area (Å²) < 4.78 is 42.1. The van der Waals surface area contributed by atoms with Gasteiger partial charge in [0.2, 0.25) is 5.91 Å². The Bertz CT molecular complexity index is 930. The minimum Gasteiger partial charge on any atom is -0.316 e. The van der Waals surface area contributed by atoms with Crippen LogP contribution in [-0.2, 0) is 16.0 Å². The third kappa shape index (κ3) is 4.22. The average molecular weight is 417 g/mol. The molecule has 1 aliphatic rings. The lowest BCUT2D eigenvalue weighted by Crippen LogP contribution is -2.63. The number of amidine groups is 1. The lowest BCUT2D eigenvalue weighted by atomic mass is 10.1. The third-order valence-electron chi connectivity index (χ3n) is 4.86. The van der Waals surface area contributed by atoms with E-state index in [1.54, 1.807) is 30.3 Å². The van der Waals surface area contributed by atoms with Gasteiger partial charge in [-0.1, -0.05) is 67.6 Å². The predicted octanol–water partition coefficient (Wildman–Crippen LogP) is 3.69. The first-order chi connectivity index (χ1) is 14.3. The maximum absolute atomic E-state index is 14.0. The normalized spacial score (nSPS) is 19.0. The van der Waals surface area contributed by atoms with E-state index in [0.29, 0.717) is 18.4 Å². The van der Waals surface area contributed by atoms with Crippen molar-refractivity contribution in [2.24, 2.45) is 4.99 Å². The zero-order chi connectivity index (χ0) is 21.8. The highest BCUT2D eigenvalue weighted by atomic mass is 19.4. The topological polar surface area (TPSA) is 61.8 Å². The quantitative estimate of drug-likeness (QED) is 0.747. The van der Waals surface area contributed by atoms with Crippen molar-refractivity contribution in [2.45, 2.75) is 38.0 Å². The molecule has 1 unspecified atom stereocenters. The van der Waals surface area contributed by atoms with Crippen LogP contribution in [0.5, 0.6) is 0 Å². The van der Waals surface area contributed by atoms with Crippen molar-refractivity contribution in [3.8, 4) is 0 Å². The molecule has 1 atom stereocenters. The Labute approximate surface area is 172 Å². The summed E-state index contributed by atoms with van der Waals surface area (Å²) in [4.78, 5) is 29.7. The number of nitrogens with one attached hydrogen (secondary N) is 1. The highest BCUT2D eigenvalue weighted by molar-refractivity contribution is 6.16. The third-order valence-corrected chi connectivity index (χ3v) is 4.86. The second kappa shape index (κ2) is 8.69. The molecule has 1 heterocycles. The molecule has 0 aromatic heterocycles. The molecule has 1 N–H and O–H groups in total. The molecule has 0 saturated heterocycles. The van der Waals surface area contributed by atoms with Crippen molar-refractivity contribution in [1.82, 2.24) is 10.2 Å². The Morgan fingerprint density at radius 2 is 1.67 bits per heavy atom. The molecule has 8 heteroatoms. The van der Waals surface area contributed by atoms with Crippen LogP contribution >= 0.6 is 0 Å². The summed E-state index contributed by atoms with van der Waals surface area (Å²) in [7, 11) is 0. The number of rotatable bonds is 7. The summed E-state index contributed by atoms with van der Waals surface area (Å²) in [5.41, 5.74) is -1.91. The van der Waals surface area contributed by atoms with Crippen LogP contribution in [0.1, 0.15) is 30.9 Å². The van der Waals surface area contributed by atoms with Gasteiger partial charge in [-0.15, -0.1) is 0 Å². The number of aryl methyl sites for hydroxylation is 1. The molecule has 2 aromatic carbocycles. The van der Waals surface area contributed by atoms with Crippen LogP contribution in [0.25, 0.3) is 0 Å². The Morgan fingerprint density at radius 1 is 1.07 bits per heavy atom. The highest BCUT2D eigenvalue weighted by Gasteiger charge is 2.66. The molecule has 0 fully saturated rings. The van der Waals surface area contributed by atoms with Gasteiger partial charge in [-0.2, -0.15) is 13.2 Å². The van der Waals surface area contributed by atoms with Gasteiger partial charge in [0.25, 0.3) is 5.91 Å². The van der Waals surface area contributed by atoms with E-state index < -0.39 is 23.7 Å². The fourth-order valence-electron chi connectivity index (χ4n) is 3.29. The zero-order valence-electron chi connectivity index (χ0n) is 16.4. The summed E-state index contributed by atoms with van der Waals surface area (Å²) in [6.07, 6.45) is -4.25. The number of carbonyl (C=O) groups is 2. The van der Waals surface area contributed by atoms with Gasteiger partial charge in [-0.05, 0) is 18.4 Å². The van der Waals surface area contributed by atoms with Crippen molar-refractivity contribution < 1.29 is 22.8 Å². The summed E-state index contributed by atoms with van der Waals surface area (Å²) in [6.45, 7) is 1.46. The largest absolute Gasteiger partial charge is 0.442 e. The lowest BCUT2D eigenvalue weighted by Gasteiger charge is -2.29. The number of hydrogen-bond acceptors (Lipinski definition) is 3. The number of halogens is 3. The molecule has 0 spiro atoms. The summed E-state index contributed by atoms with van der Waals surface area (Å²) in [5, 5.41) is 1.83. The van der Waals surface area contributed by atoms with E-state index >= 15 is 0 Å². The maximum Gasteiger partial charge on any atom is 0.442 e. The average Bonchev–Trinajstić information content (AvgIpc) is 3.02. The van der Waals surface area contributed by atoms with Crippen molar-refractivity contribution >= 4 is 17.6 Å². The zero-order valence-corrected chi connectivity index (χ0v) is 16.4. The van der Waals surface area contributed by atoms with Crippen LogP contribution in [0, 0.1) is 0 Å². The molecule has 2 amide bonds. The highest BCUT2D eigenvalue weighted by Crippen LogP contribution is 2.38. The van der Waals surface area contributed by atoms with Gasteiger partial charge >= 0.3 is 11.8 Å². The van der Waals surface area contributed by atoms with Gasteiger partial charge in [0.1, 0.15) is 5.84 Å².